The number of hydrogen-bond acceptors (Lipinski definition) is 5. The Labute approximate surface area is 171 Å². The maximum atomic E-state index is 12.5. The summed E-state index contributed by atoms with van der Waals surface area (Å²) in [5.74, 6) is -0.498. The van der Waals surface area contributed by atoms with E-state index >= 15 is 0 Å². The van der Waals surface area contributed by atoms with Crippen LogP contribution in [0.2, 0.25) is 0 Å². The number of rotatable bonds is 13. The summed E-state index contributed by atoms with van der Waals surface area (Å²) >= 11 is 0. The Hall–Kier alpha value is -2.97. The maximum absolute atomic E-state index is 12.5. The van der Waals surface area contributed by atoms with Gasteiger partial charge in [0.15, 0.2) is 6.67 Å². The molecule has 160 valence electrons. The summed E-state index contributed by atoms with van der Waals surface area (Å²) in [7, 11) is 0. The van der Waals surface area contributed by atoms with Crippen molar-refractivity contribution in [2.75, 3.05) is 19.8 Å². The van der Waals surface area contributed by atoms with Crippen LogP contribution in [0.4, 0.5) is 4.79 Å². The van der Waals surface area contributed by atoms with E-state index in [1.165, 1.54) is 6.92 Å². The summed E-state index contributed by atoms with van der Waals surface area (Å²) in [6, 6.07) is 8.59. The van der Waals surface area contributed by atoms with Gasteiger partial charge in [-0.2, -0.15) is 0 Å². The fourth-order valence-corrected chi connectivity index (χ4v) is 2.87. The minimum absolute atomic E-state index is 0.232. The van der Waals surface area contributed by atoms with Crippen LogP contribution < -0.4 is 16.0 Å². The smallest absolute Gasteiger partial charge is 0.318 e. The van der Waals surface area contributed by atoms with Crippen LogP contribution in [0.3, 0.4) is 0 Å². The standard InChI is InChI=1S/C20H31N5O4/c1-3-12-25(20(28)22-15-23-29)13-8-7-11-18(24-16(2)26)19(27)21-14-17-9-5-4-6-10-17/h4-6,9-10,18H,3,7-8,11-15H2,1-2H3,(H,21,27)(H,22,28)(H,24,26)/t18-/m0/s1. The summed E-state index contributed by atoms with van der Waals surface area (Å²) in [5, 5.41) is 10.6. The molecule has 9 nitrogen and oxygen atoms in total. The molecular weight excluding hydrogens is 374 g/mol. The van der Waals surface area contributed by atoms with Crippen LogP contribution in [0.25, 0.3) is 0 Å². The van der Waals surface area contributed by atoms with E-state index in [-0.39, 0.29) is 24.5 Å². The van der Waals surface area contributed by atoms with Crippen molar-refractivity contribution in [1.82, 2.24) is 20.9 Å². The van der Waals surface area contributed by atoms with Crippen molar-refractivity contribution in [1.29, 1.82) is 0 Å². The molecule has 0 fully saturated rings. The molecule has 0 spiro atoms. The van der Waals surface area contributed by atoms with E-state index in [1.807, 2.05) is 37.3 Å². The lowest BCUT2D eigenvalue weighted by Gasteiger charge is -2.22. The van der Waals surface area contributed by atoms with E-state index in [9.17, 15) is 19.3 Å². The molecule has 0 saturated carbocycles. The van der Waals surface area contributed by atoms with E-state index < -0.39 is 6.04 Å². The summed E-state index contributed by atoms with van der Waals surface area (Å²) in [6.07, 6.45) is 2.59. The quantitative estimate of drug-likeness (QED) is 0.344. The SMILES string of the molecule is CCCN(CCCC[C@H](NC(C)=O)C(=O)NCc1ccccc1)C(=O)NCN=O. The van der Waals surface area contributed by atoms with Gasteiger partial charge in [-0.25, -0.2) is 4.79 Å². The fraction of sp³-hybridized carbons (Fsp3) is 0.550. The molecule has 0 unspecified atom stereocenters. The molecule has 0 saturated heterocycles. The van der Waals surface area contributed by atoms with Gasteiger partial charge in [-0.15, -0.1) is 4.91 Å². The van der Waals surface area contributed by atoms with Crippen molar-refractivity contribution in [3.63, 3.8) is 0 Å². The van der Waals surface area contributed by atoms with Crippen LogP contribution in [0.15, 0.2) is 35.5 Å². The largest absolute Gasteiger partial charge is 0.350 e. The first kappa shape index (κ1) is 24.1. The van der Waals surface area contributed by atoms with Crippen molar-refractivity contribution in [2.45, 2.75) is 52.1 Å². The first-order chi connectivity index (χ1) is 14.0. The lowest BCUT2D eigenvalue weighted by atomic mass is 10.1. The second-order valence-corrected chi connectivity index (χ2v) is 6.71. The number of nitroso groups, excluding NO2 is 1. The first-order valence-electron chi connectivity index (χ1n) is 9.88. The van der Waals surface area contributed by atoms with Gasteiger partial charge in [-0.05, 0) is 36.4 Å². The van der Waals surface area contributed by atoms with Crippen molar-refractivity contribution in [3.8, 4) is 0 Å². The second-order valence-electron chi connectivity index (χ2n) is 6.71. The highest BCUT2D eigenvalue weighted by Crippen LogP contribution is 2.06. The minimum atomic E-state index is -0.621. The third-order valence-electron chi connectivity index (χ3n) is 4.25. The Morgan fingerprint density at radius 1 is 1.07 bits per heavy atom. The molecule has 29 heavy (non-hydrogen) atoms. The van der Waals surface area contributed by atoms with Crippen LogP contribution in [-0.4, -0.2) is 48.5 Å². The number of amides is 4. The third-order valence-corrected chi connectivity index (χ3v) is 4.25. The van der Waals surface area contributed by atoms with E-state index in [4.69, 9.17) is 0 Å². The Morgan fingerprint density at radius 3 is 2.41 bits per heavy atom. The van der Waals surface area contributed by atoms with Gasteiger partial charge < -0.3 is 20.9 Å². The van der Waals surface area contributed by atoms with E-state index in [0.29, 0.717) is 38.9 Å². The number of hydrogen-bond donors (Lipinski definition) is 3. The molecule has 4 amide bonds. The molecule has 0 radical (unpaired) electrons. The average Bonchev–Trinajstić information content (AvgIpc) is 2.72. The number of unbranched alkanes of at least 4 members (excludes halogenated alkanes) is 1. The number of urea groups is 1. The van der Waals surface area contributed by atoms with Crippen LogP contribution in [0.1, 0.15) is 45.1 Å². The van der Waals surface area contributed by atoms with Crippen molar-refractivity contribution in [3.05, 3.63) is 40.8 Å². The zero-order chi connectivity index (χ0) is 21.5. The van der Waals surface area contributed by atoms with Crippen LogP contribution >= 0.6 is 0 Å². The van der Waals surface area contributed by atoms with Crippen molar-refractivity contribution < 1.29 is 14.4 Å². The number of benzene rings is 1. The molecule has 0 aromatic heterocycles. The molecular formula is C20H31N5O4. The predicted molar refractivity (Wildman–Crippen MR) is 111 cm³/mol. The van der Waals surface area contributed by atoms with Crippen LogP contribution in [0, 0.1) is 4.91 Å². The van der Waals surface area contributed by atoms with Gasteiger partial charge in [0.1, 0.15) is 6.04 Å². The number of nitrogens with one attached hydrogen (secondary N) is 3. The number of nitrogens with zero attached hydrogens (tertiary/aromatic N) is 2. The molecule has 0 bridgehead atoms. The van der Waals surface area contributed by atoms with Crippen molar-refractivity contribution in [2.24, 2.45) is 5.18 Å². The van der Waals surface area contributed by atoms with Gasteiger partial charge in [0.2, 0.25) is 11.8 Å². The highest BCUT2D eigenvalue weighted by atomic mass is 16.3. The summed E-state index contributed by atoms with van der Waals surface area (Å²) in [4.78, 5) is 47.7. The predicted octanol–water partition coefficient (Wildman–Crippen LogP) is 2.12. The molecule has 0 heterocycles. The fourth-order valence-electron chi connectivity index (χ4n) is 2.87. The lowest BCUT2D eigenvalue weighted by molar-refractivity contribution is -0.128. The number of carbonyl (C=O) groups is 3. The highest BCUT2D eigenvalue weighted by molar-refractivity contribution is 5.86. The molecule has 1 aromatic rings. The van der Waals surface area contributed by atoms with Gasteiger partial charge in [0.25, 0.3) is 0 Å². The lowest BCUT2D eigenvalue weighted by Crippen LogP contribution is -2.46. The molecule has 0 aliphatic carbocycles. The Bertz CT molecular complexity index is 654. The molecule has 1 aromatic carbocycles. The Balaban J connectivity index is 2.48. The van der Waals surface area contributed by atoms with Gasteiger partial charge in [-0.1, -0.05) is 37.3 Å². The molecule has 0 aliphatic rings. The Morgan fingerprint density at radius 2 is 1.79 bits per heavy atom. The highest BCUT2D eigenvalue weighted by Gasteiger charge is 2.19. The molecule has 9 heteroatoms. The van der Waals surface area contributed by atoms with Gasteiger partial charge in [0, 0.05) is 26.6 Å². The molecule has 0 aliphatic heterocycles. The second kappa shape index (κ2) is 14.1. The van der Waals surface area contributed by atoms with Gasteiger partial charge in [-0.3, -0.25) is 9.59 Å². The summed E-state index contributed by atoms with van der Waals surface area (Å²) in [6.45, 7) is 4.54. The molecule has 1 rings (SSSR count). The Kier molecular flexibility index (Phi) is 11.7. The summed E-state index contributed by atoms with van der Waals surface area (Å²) in [5.41, 5.74) is 0.980. The summed E-state index contributed by atoms with van der Waals surface area (Å²) < 4.78 is 0. The zero-order valence-electron chi connectivity index (χ0n) is 17.1. The van der Waals surface area contributed by atoms with Crippen molar-refractivity contribution >= 4 is 17.8 Å². The third kappa shape index (κ3) is 10.2. The van der Waals surface area contributed by atoms with Gasteiger partial charge in [0.05, 0.1) is 0 Å². The van der Waals surface area contributed by atoms with Crippen LogP contribution in [0.5, 0.6) is 0 Å². The van der Waals surface area contributed by atoms with E-state index in [0.717, 1.165) is 12.0 Å². The van der Waals surface area contributed by atoms with E-state index in [1.54, 1.807) is 4.90 Å². The topological polar surface area (TPSA) is 120 Å². The number of carbonyl (C=O) groups excluding carboxylic acids is 3. The zero-order valence-corrected chi connectivity index (χ0v) is 17.1. The molecule has 3 N–H and O–H groups in total. The van der Waals surface area contributed by atoms with E-state index in [2.05, 4.69) is 21.1 Å². The average molecular weight is 405 g/mol. The van der Waals surface area contributed by atoms with Gasteiger partial charge >= 0.3 is 6.03 Å². The normalized spacial score (nSPS) is 11.2. The first-order valence-corrected chi connectivity index (χ1v) is 9.88. The minimum Gasteiger partial charge on any atom is -0.350 e. The van der Waals surface area contributed by atoms with Crippen LogP contribution in [-0.2, 0) is 16.1 Å². The molecule has 1 atom stereocenters. The maximum Gasteiger partial charge on any atom is 0.318 e. The monoisotopic (exact) mass is 405 g/mol.